The van der Waals surface area contributed by atoms with Crippen molar-refractivity contribution < 1.29 is 8.83 Å². The largest absolute Gasteiger partial charge is 0.449 e. The molecule has 0 aliphatic heterocycles. The quantitative estimate of drug-likeness (QED) is 0.260. The normalized spacial score (nSPS) is 12.0. The number of hydrogen-bond acceptors (Lipinski definition) is 6. The molecule has 10 heteroatoms. The van der Waals surface area contributed by atoms with Gasteiger partial charge in [-0.05, 0) is 36.6 Å². The molecule has 7 nitrogen and oxygen atoms in total. The van der Waals surface area contributed by atoms with Gasteiger partial charge < -0.3 is 8.83 Å². The molecule has 6 aromatic rings. The van der Waals surface area contributed by atoms with Gasteiger partial charge >= 0.3 is 0 Å². The highest BCUT2D eigenvalue weighted by atomic mass is 35.5. The Morgan fingerprint density at radius 2 is 1.64 bits per heavy atom. The molecule has 2 aromatic carbocycles. The van der Waals surface area contributed by atoms with Crippen LogP contribution in [0.15, 0.2) is 56.6 Å². The lowest BCUT2D eigenvalue weighted by Gasteiger charge is -2.07. The average Bonchev–Trinajstić information content (AvgIpc) is 3.38. The van der Waals surface area contributed by atoms with E-state index in [1.54, 1.807) is 12.1 Å². The lowest BCUT2D eigenvalue weighted by Crippen LogP contribution is -2.20. The highest BCUT2D eigenvalue weighted by molar-refractivity contribution is 6.38. The van der Waals surface area contributed by atoms with Crippen molar-refractivity contribution in [3.63, 3.8) is 0 Å². The SMILES string of the molecule is O=c1c2oc3c(Cl)cccc3c2ncn1CCCc1ccc2c(oc3c(Cl)ncnc32)c1Cl. The van der Waals surface area contributed by atoms with Crippen LogP contribution in [0.25, 0.3) is 44.1 Å². The van der Waals surface area contributed by atoms with E-state index in [-0.39, 0.29) is 16.3 Å². The Morgan fingerprint density at radius 3 is 2.52 bits per heavy atom. The third kappa shape index (κ3) is 3.19. The second kappa shape index (κ2) is 7.73. The molecular weight excluding hydrogens is 487 g/mol. The van der Waals surface area contributed by atoms with Crippen LogP contribution in [0.1, 0.15) is 12.0 Å². The molecule has 0 atom stereocenters. The van der Waals surface area contributed by atoms with Crippen LogP contribution in [0, 0.1) is 0 Å². The first-order valence-electron chi connectivity index (χ1n) is 10.1. The molecule has 4 heterocycles. The number of aromatic nitrogens is 4. The highest BCUT2D eigenvalue weighted by Gasteiger charge is 2.18. The molecule has 33 heavy (non-hydrogen) atoms. The van der Waals surface area contributed by atoms with E-state index in [1.165, 1.54) is 17.2 Å². The summed E-state index contributed by atoms with van der Waals surface area (Å²) >= 11 is 18.9. The van der Waals surface area contributed by atoms with Gasteiger partial charge in [-0.3, -0.25) is 9.36 Å². The fourth-order valence-electron chi connectivity index (χ4n) is 4.07. The molecule has 0 amide bonds. The van der Waals surface area contributed by atoms with E-state index in [1.807, 2.05) is 18.2 Å². The molecule has 4 aromatic heterocycles. The molecule has 164 valence electrons. The average molecular weight is 500 g/mol. The van der Waals surface area contributed by atoms with Crippen LogP contribution in [0.3, 0.4) is 0 Å². The predicted molar refractivity (Wildman–Crippen MR) is 128 cm³/mol. The summed E-state index contributed by atoms with van der Waals surface area (Å²) in [5.41, 5.74) is 3.36. The van der Waals surface area contributed by atoms with Gasteiger partial charge in [0, 0.05) is 17.3 Å². The minimum absolute atomic E-state index is 0.195. The molecule has 0 saturated heterocycles. The minimum Gasteiger partial charge on any atom is -0.449 e. The Morgan fingerprint density at radius 1 is 0.848 bits per heavy atom. The summed E-state index contributed by atoms with van der Waals surface area (Å²) < 4.78 is 13.1. The maximum Gasteiger partial charge on any atom is 0.297 e. The van der Waals surface area contributed by atoms with Gasteiger partial charge in [0.2, 0.25) is 5.58 Å². The molecule has 0 radical (unpaired) electrons. The minimum atomic E-state index is -0.251. The third-order valence-corrected chi connectivity index (χ3v) is 6.65. The monoisotopic (exact) mass is 498 g/mol. The number of para-hydroxylation sites is 1. The van der Waals surface area contributed by atoms with E-state index < -0.39 is 0 Å². The third-order valence-electron chi connectivity index (χ3n) is 5.66. The molecule has 0 saturated carbocycles. The summed E-state index contributed by atoms with van der Waals surface area (Å²) in [4.78, 5) is 25.6. The van der Waals surface area contributed by atoms with E-state index in [0.29, 0.717) is 57.2 Å². The van der Waals surface area contributed by atoms with Crippen LogP contribution in [-0.2, 0) is 13.0 Å². The number of nitrogens with zero attached hydrogens (tertiary/aromatic N) is 4. The van der Waals surface area contributed by atoms with Crippen molar-refractivity contribution in [2.45, 2.75) is 19.4 Å². The van der Waals surface area contributed by atoms with Crippen molar-refractivity contribution in [3.05, 3.63) is 74.1 Å². The van der Waals surface area contributed by atoms with E-state index in [4.69, 9.17) is 43.6 Å². The van der Waals surface area contributed by atoms with Crippen LogP contribution in [0.5, 0.6) is 0 Å². The van der Waals surface area contributed by atoms with Crippen molar-refractivity contribution in [3.8, 4) is 0 Å². The van der Waals surface area contributed by atoms with Gasteiger partial charge in [0.25, 0.3) is 5.56 Å². The first-order valence-corrected chi connectivity index (χ1v) is 11.2. The van der Waals surface area contributed by atoms with E-state index in [0.717, 1.165) is 16.3 Å². The van der Waals surface area contributed by atoms with Crippen LogP contribution < -0.4 is 5.56 Å². The fourth-order valence-corrected chi connectivity index (χ4v) is 4.75. The molecule has 0 N–H and O–H groups in total. The summed E-state index contributed by atoms with van der Waals surface area (Å²) in [5.74, 6) is 0. The molecule has 0 spiro atoms. The lowest BCUT2D eigenvalue weighted by molar-refractivity contribution is 0.595. The summed E-state index contributed by atoms with van der Waals surface area (Å²) in [5, 5.41) is 2.67. The summed E-state index contributed by atoms with van der Waals surface area (Å²) in [6.45, 7) is 0.443. The van der Waals surface area contributed by atoms with Crippen molar-refractivity contribution in [1.82, 2.24) is 19.5 Å². The van der Waals surface area contributed by atoms with Gasteiger partial charge in [0.15, 0.2) is 21.9 Å². The first kappa shape index (κ1) is 20.5. The summed E-state index contributed by atoms with van der Waals surface area (Å²) in [6, 6.07) is 9.19. The van der Waals surface area contributed by atoms with Crippen LogP contribution in [0.2, 0.25) is 15.2 Å². The maximum atomic E-state index is 12.9. The van der Waals surface area contributed by atoms with Gasteiger partial charge in [-0.2, -0.15) is 0 Å². The number of benzene rings is 2. The zero-order chi connectivity index (χ0) is 22.7. The van der Waals surface area contributed by atoms with E-state index in [2.05, 4.69) is 15.0 Å². The van der Waals surface area contributed by atoms with Gasteiger partial charge in [-0.25, -0.2) is 15.0 Å². The molecule has 0 unspecified atom stereocenters. The predicted octanol–water partition coefficient (Wildman–Crippen LogP) is 6.43. The molecule has 0 bridgehead atoms. The van der Waals surface area contributed by atoms with E-state index in [9.17, 15) is 4.79 Å². The fraction of sp³-hybridized carbons (Fsp3) is 0.130. The number of hydrogen-bond donors (Lipinski definition) is 0. The van der Waals surface area contributed by atoms with Crippen LogP contribution in [-0.4, -0.2) is 19.5 Å². The zero-order valence-electron chi connectivity index (χ0n) is 16.8. The topological polar surface area (TPSA) is 87.0 Å². The smallest absolute Gasteiger partial charge is 0.297 e. The molecule has 0 aliphatic carbocycles. The van der Waals surface area contributed by atoms with Gasteiger partial charge in [-0.15, -0.1) is 0 Å². The number of furan rings is 2. The molecule has 0 fully saturated rings. The Kier molecular flexibility index (Phi) is 4.79. The number of fused-ring (bicyclic) bond motifs is 6. The van der Waals surface area contributed by atoms with Crippen molar-refractivity contribution in [2.24, 2.45) is 0 Å². The number of rotatable bonds is 4. The number of aryl methyl sites for hydroxylation is 2. The standard InChI is InChI=1S/C23H13Cl3N4O3/c24-14-5-1-4-12-17-21(32-18(12)14)23(31)30(10-29-17)8-2-3-11-6-7-13-16-20(22(26)28-9-27-16)33-19(13)15(11)25/h1,4-7,9-10H,2-3,8H2. The second-order valence-corrected chi connectivity index (χ2v) is 8.75. The molecule has 6 rings (SSSR count). The van der Waals surface area contributed by atoms with Crippen molar-refractivity contribution in [2.75, 3.05) is 0 Å². The number of halogens is 3. The molecular formula is C23H13Cl3N4O3. The lowest BCUT2D eigenvalue weighted by atomic mass is 10.1. The van der Waals surface area contributed by atoms with Gasteiger partial charge in [0.1, 0.15) is 17.4 Å². The Balaban J connectivity index is 1.29. The maximum absolute atomic E-state index is 12.9. The van der Waals surface area contributed by atoms with Gasteiger partial charge in [-0.1, -0.05) is 46.9 Å². The summed E-state index contributed by atoms with van der Waals surface area (Å²) in [7, 11) is 0. The van der Waals surface area contributed by atoms with Crippen molar-refractivity contribution in [1.29, 1.82) is 0 Å². The Hall–Kier alpha value is -3.13. The van der Waals surface area contributed by atoms with Gasteiger partial charge in [0.05, 0.1) is 16.4 Å². The van der Waals surface area contributed by atoms with Crippen LogP contribution >= 0.6 is 34.8 Å². The summed E-state index contributed by atoms with van der Waals surface area (Å²) in [6.07, 6.45) is 4.20. The Bertz CT molecular complexity index is 1770. The molecule has 0 aliphatic rings. The first-order chi connectivity index (χ1) is 16.0. The van der Waals surface area contributed by atoms with E-state index >= 15 is 0 Å². The zero-order valence-corrected chi connectivity index (χ0v) is 19.1. The highest BCUT2D eigenvalue weighted by Crippen LogP contribution is 2.36. The second-order valence-electron chi connectivity index (χ2n) is 7.60. The van der Waals surface area contributed by atoms with Crippen LogP contribution in [0.4, 0.5) is 0 Å². The van der Waals surface area contributed by atoms with Crippen molar-refractivity contribution >= 4 is 78.9 Å². The Labute approximate surface area is 200 Å².